The normalized spacial score (nSPS) is 10.9. The third-order valence-corrected chi connectivity index (χ3v) is 4.92. The van der Waals surface area contributed by atoms with Gasteiger partial charge in [0, 0.05) is 17.0 Å². The summed E-state index contributed by atoms with van der Waals surface area (Å²) in [5.74, 6) is -0.350. The molecule has 0 spiro atoms. The Morgan fingerprint density at radius 3 is 2.42 bits per heavy atom. The molecule has 0 aliphatic carbocycles. The van der Waals surface area contributed by atoms with E-state index in [0.717, 1.165) is 32.9 Å². The van der Waals surface area contributed by atoms with Crippen LogP contribution in [0.3, 0.4) is 0 Å². The Morgan fingerprint density at radius 1 is 1.00 bits per heavy atom. The van der Waals surface area contributed by atoms with Crippen LogP contribution in [0.25, 0.3) is 32.9 Å². The number of aromatic amines is 1. The number of nitrogens with zero attached hydrogens (tertiary/aromatic N) is 3. The predicted octanol–water partition coefficient (Wildman–Crippen LogP) is 5.30. The molecule has 0 atom stereocenters. The number of benzene rings is 2. The van der Waals surface area contributed by atoms with Crippen molar-refractivity contribution in [1.82, 2.24) is 20.1 Å². The number of pyridine rings is 1. The average Bonchev–Trinajstić information content (AvgIpc) is 3.25. The largest absolute Gasteiger partial charge is 0.462 e. The van der Waals surface area contributed by atoms with Gasteiger partial charge in [0.2, 0.25) is 0 Å². The van der Waals surface area contributed by atoms with Gasteiger partial charge in [-0.15, -0.1) is 0 Å². The molecule has 162 valence electrons. The molecule has 1 N–H and O–H groups in total. The van der Waals surface area contributed by atoms with E-state index in [1.54, 1.807) is 19.3 Å². The predicted molar refractivity (Wildman–Crippen MR) is 126 cm³/mol. The van der Waals surface area contributed by atoms with Gasteiger partial charge in [0.1, 0.15) is 0 Å². The maximum Gasteiger partial charge on any atom is 0.339 e. The molecule has 31 heavy (non-hydrogen) atoms. The number of fused-ring (bicyclic) bond motifs is 2. The smallest absolute Gasteiger partial charge is 0.339 e. The summed E-state index contributed by atoms with van der Waals surface area (Å²) in [6.45, 7) is 5.58. The number of nitrogens with one attached hydrogen (secondary N) is 1. The summed E-state index contributed by atoms with van der Waals surface area (Å²) in [6.07, 6.45) is 5.99. The van der Waals surface area contributed by atoms with Gasteiger partial charge in [0.05, 0.1) is 29.4 Å². The van der Waals surface area contributed by atoms with Gasteiger partial charge < -0.3 is 9.64 Å². The molecule has 0 saturated heterocycles. The highest BCUT2D eigenvalue weighted by molar-refractivity contribution is 5.95. The van der Waals surface area contributed by atoms with Crippen LogP contribution in [0.1, 0.15) is 37.0 Å². The number of H-pyrrole nitrogens is 1. The number of hydrogen-bond donors (Lipinski definition) is 1. The minimum Gasteiger partial charge on any atom is -0.462 e. The summed E-state index contributed by atoms with van der Waals surface area (Å²) in [5.41, 5.74) is 4.47. The summed E-state index contributed by atoms with van der Waals surface area (Å²) in [7, 11) is 4.21. The van der Waals surface area contributed by atoms with Crippen LogP contribution in [0.4, 0.5) is 0 Å². The highest BCUT2D eigenvalue weighted by Gasteiger charge is 2.09. The van der Waals surface area contributed by atoms with Gasteiger partial charge in [-0.3, -0.25) is 10.1 Å². The fraction of sp³-hybridized carbons (Fsp3) is 0.320. The molecule has 0 saturated carbocycles. The van der Waals surface area contributed by atoms with E-state index in [1.165, 1.54) is 19.4 Å². The number of ether oxygens (including phenoxy) is 1. The van der Waals surface area contributed by atoms with Crippen molar-refractivity contribution >= 4 is 27.8 Å². The van der Waals surface area contributed by atoms with Gasteiger partial charge in [-0.2, -0.15) is 5.10 Å². The Hall–Kier alpha value is -3.25. The molecule has 0 fully saturated rings. The Morgan fingerprint density at radius 2 is 1.74 bits per heavy atom. The van der Waals surface area contributed by atoms with E-state index in [9.17, 15) is 4.79 Å². The number of hydrogen-bond acceptors (Lipinski definition) is 5. The lowest BCUT2D eigenvalue weighted by Crippen LogP contribution is -2.12. The van der Waals surface area contributed by atoms with Crippen LogP contribution in [0, 0.1) is 0 Å². The quantitative estimate of drug-likeness (QED) is 0.430. The topological polar surface area (TPSA) is 71.1 Å². The Labute approximate surface area is 183 Å². The number of rotatable bonds is 6. The molecule has 2 aromatic heterocycles. The zero-order chi connectivity index (χ0) is 22.2. The fourth-order valence-electron chi connectivity index (χ4n) is 3.23. The van der Waals surface area contributed by atoms with Crippen LogP contribution in [0.15, 0.2) is 54.9 Å². The summed E-state index contributed by atoms with van der Waals surface area (Å²) in [6, 6.07) is 14.0. The molecular formula is C25H30N4O2. The van der Waals surface area contributed by atoms with E-state index in [1.807, 2.05) is 36.4 Å². The van der Waals surface area contributed by atoms with Crippen LogP contribution < -0.4 is 0 Å². The lowest BCUT2D eigenvalue weighted by molar-refractivity contribution is 0.0526. The molecule has 6 nitrogen and oxygen atoms in total. The lowest BCUT2D eigenvalue weighted by atomic mass is 10.0. The summed E-state index contributed by atoms with van der Waals surface area (Å²) >= 11 is 0. The van der Waals surface area contributed by atoms with Crippen LogP contribution in [-0.4, -0.2) is 53.3 Å². The van der Waals surface area contributed by atoms with Crippen molar-refractivity contribution in [1.29, 1.82) is 0 Å². The molecule has 0 radical (unpaired) electrons. The second kappa shape index (κ2) is 10.7. The third-order valence-electron chi connectivity index (χ3n) is 4.92. The molecule has 0 aliphatic heterocycles. The summed E-state index contributed by atoms with van der Waals surface area (Å²) in [5, 5.41) is 8.97. The van der Waals surface area contributed by atoms with E-state index in [0.29, 0.717) is 12.2 Å². The first-order valence-corrected chi connectivity index (χ1v) is 10.7. The Balaban J connectivity index is 0.000000339. The maximum atomic E-state index is 11.9. The second-order valence-corrected chi connectivity index (χ2v) is 7.68. The zero-order valence-electron chi connectivity index (χ0n) is 18.7. The molecule has 0 amide bonds. The number of esters is 1. The van der Waals surface area contributed by atoms with Crippen molar-refractivity contribution < 1.29 is 9.53 Å². The van der Waals surface area contributed by atoms with Crippen molar-refractivity contribution in [2.24, 2.45) is 0 Å². The van der Waals surface area contributed by atoms with Crippen molar-refractivity contribution in [2.45, 2.75) is 26.7 Å². The monoisotopic (exact) mass is 418 g/mol. The van der Waals surface area contributed by atoms with Crippen molar-refractivity contribution in [3.63, 3.8) is 0 Å². The third kappa shape index (κ3) is 5.89. The first-order chi connectivity index (χ1) is 15.0. The second-order valence-electron chi connectivity index (χ2n) is 7.68. The number of aromatic nitrogens is 3. The van der Waals surface area contributed by atoms with Gasteiger partial charge in [0.25, 0.3) is 0 Å². The molecular weight excluding hydrogens is 388 g/mol. The van der Waals surface area contributed by atoms with Crippen LogP contribution in [0.2, 0.25) is 0 Å². The average molecular weight is 419 g/mol. The molecule has 4 aromatic rings. The molecule has 2 aromatic carbocycles. The first kappa shape index (κ1) is 22.4. The van der Waals surface area contributed by atoms with E-state index in [4.69, 9.17) is 4.74 Å². The highest BCUT2D eigenvalue weighted by atomic mass is 16.5. The van der Waals surface area contributed by atoms with E-state index >= 15 is 0 Å². The molecule has 0 aliphatic rings. The molecule has 0 unspecified atom stereocenters. The van der Waals surface area contributed by atoms with Gasteiger partial charge in [-0.05, 0) is 75.4 Å². The van der Waals surface area contributed by atoms with Crippen LogP contribution in [-0.2, 0) is 4.74 Å². The first-order valence-electron chi connectivity index (χ1n) is 10.7. The van der Waals surface area contributed by atoms with Crippen molar-refractivity contribution in [3.8, 4) is 11.1 Å². The van der Waals surface area contributed by atoms with E-state index in [2.05, 4.69) is 47.2 Å². The summed E-state index contributed by atoms with van der Waals surface area (Å²) < 4.78 is 5.04. The Kier molecular flexibility index (Phi) is 7.73. The molecule has 0 bridgehead atoms. The summed E-state index contributed by atoms with van der Waals surface area (Å²) in [4.78, 5) is 18.4. The number of unbranched alkanes of at least 4 members (excludes halogenated alkanes) is 1. The standard InChI is InChI=1S/C19H15N3O2.C6H15N/c1-2-24-19(23)16-9-14-7-12(3-5-17(14)20-10-16)13-4-6-18-15(8-13)11-21-22-18;1-4-5-6-7(2)3/h3-11H,2H2,1H3,(H,21,22);4-6H2,1-3H3. The number of carbonyl (C=O) groups is 1. The highest BCUT2D eigenvalue weighted by Crippen LogP contribution is 2.26. The van der Waals surface area contributed by atoms with Gasteiger partial charge in [-0.1, -0.05) is 25.5 Å². The maximum absolute atomic E-state index is 11.9. The van der Waals surface area contributed by atoms with Gasteiger partial charge >= 0.3 is 5.97 Å². The molecule has 4 rings (SSSR count). The van der Waals surface area contributed by atoms with Crippen LogP contribution in [0.5, 0.6) is 0 Å². The van der Waals surface area contributed by atoms with E-state index in [-0.39, 0.29) is 5.97 Å². The number of carbonyl (C=O) groups excluding carboxylic acids is 1. The zero-order valence-corrected chi connectivity index (χ0v) is 18.7. The van der Waals surface area contributed by atoms with E-state index < -0.39 is 0 Å². The SMILES string of the molecule is CCCCN(C)C.CCOC(=O)c1cnc2ccc(-c3ccc4[nH]ncc4c3)cc2c1. The van der Waals surface area contributed by atoms with Crippen molar-refractivity contribution in [2.75, 3.05) is 27.2 Å². The minimum absolute atomic E-state index is 0.349. The van der Waals surface area contributed by atoms with Crippen LogP contribution >= 0.6 is 0 Å². The van der Waals surface area contributed by atoms with Gasteiger partial charge in [0.15, 0.2) is 0 Å². The Bertz CT molecular complexity index is 1150. The lowest BCUT2D eigenvalue weighted by Gasteiger charge is -2.06. The molecule has 2 heterocycles. The fourth-order valence-corrected chi connectivity index (χ4v) is 3.23. The van der Waals surface area contributed by atoms with Crippen molar-refractivity contribution in [3.05, 3.63) is 60.4 Å². The molecule has 6 heteroatoms. The van der Waals surface area contributed by atoms with Gasteiger partial charge in [-0.25, -0.2) is 4.79 Å². The minimum atomic E-state index is -0.350.